The van der Waals surface area contributed by atoms with Crippen LogP contribution >= 0.6 is 0 Å². The molecular weight excluding hydrogens is 847 g/mol. The Morgan fingerprint density at radius 2 is 0.464 bits per heavy atom. The summed E-state index contributed by atoms with van der Waals surface area (Å²) in [6.07, 6.45) is 74.9. The molecule has 1 amide bonds. The Hall–Kier alpha value is -0.650. The fourth-order valence-electron chi connectivity index (χ4n) is 10.7. The van der Waals surface area contributed by atoms with Crippen molar-refractivity contribution in [3.63, 3.8) is 0 Å². The number of aliphatic hydroxyl groups is 3. The van der Waals surface area contributed by atoms with E-state index < -0.39 is 24.2 Å². The van der Waals surface area contributed by atoms with E-state index in [-0.39, 0.29) is 6.61 Å². The average molecular weight is 977 g/mol. The van der Waals surface area contributed by atoms with Crippen LogP contribution in [0.5, 0.6) is 0 Å². The molecular formula is C64H129NO4. The van der Waals surface area contributed by atoms with Crippen LogP contribution in [0.15, 0.2) is 0 Å². The standard InChI is InChI=1S/C64H129NO4/c1-3-5-7-9-11-13-15-17-19-21-22-23-24-25-26-27-28-29-30-31-32-33-34-35-36-37-38-39-40-41-43-45-47-49-51-53-55-57-59-63(68)64(69)65-61(60-66)62(67)58-56-54-52-50-48-46-44-42-20-18-16-14-12-10-8-6-4-2/h61-63,66-68H,3-60H2,1-2H3,(H,65,69). The summed E-state index contributed by atoms with van der Waals surface area (Å²) in [6.45, 7) is 4.28. The minimum absolute atomic E-state index is 0.307. The first-order chi connectivity index (χ1) is 34.1. The Balaban J connectivity index is 3.39. The minimum atomic E-state index is -1.07. The first-order valence-corrected chi connectivity index (χ1v) is 32.3. The Morgan fingerprint density at radius 3 is 0.652 bits per heavy atom. The Bertz CT molecular complexity index is 944. The third-order valence-corrected chi connectivity index (χ3v) is 15.7. The lowest BCUT2D eigenvalue weighted by Crippen LogP contribution is -2.49. The molecule has 3 atom stereocenters. The molecule has 0 aromatic heterocycles. The van der Waals surface area contributed by atoms with Crippen molar-refractivity contribution in [2.75, 3.05) is 6.61 Å². The lowest BCUT2D eigenvalue weighted by atomic mass is 10.0. The highest BCUT2D eigenvalue weighted by Crippen LogP contribution is 2.20. The fraction of sp³-hybridized carbons (Fsp3) is 0.984. The van der Waals surface area contributed by atoms with E-state index in [2.05, 4.69) is 19.2 Å². The summed E-state index contributed by atoms with van der Waals surface area (Å²) >= 11 is 0. The van der Waals surface area contributed by atoms with Gasteiger partial charge in [-0.3, -0.25) is 4.79 Å². The van der Waals surface area contributed by atoms with Crippen LogP contribution in [0, 0.1) is 0 Å². The molecule has 0 aliphatic rings. The maximum absolute atomic E-state index is 12.6. The predicted octanol–water partition coefficient (Wildman–Crippen LogP) is 20.5. The van der Waals surface area contributed by atoms with Gasteiger partial charge >= 0.3 is 0 Å². The second-order valence-corrected chi connectivity index (χ2v) is 22.7. The molecule has 0 saturated heterocycles. The van der Waals surface area contributed by atoms with Crippen LogP contribution in [-0.2, 0) is 4.79 Å². The molecule has 3 unspecified atom stereocenters. The van der Waals surface area contributed by atoms with Gasteiger partial charge in [0, 0.05) is 0 Å². The molecule has 5 nitrogen and oxygen atoms in total. The van der Waals surface area contributed by atoms with Crippen molar-refractivity contribution in [3.05, 3.63) is 0 Å². The third-order valence-electron chi connectivity index (χ3n) is 15.7. The molecule has 0 bridgehead atoms. The van der Waals surface area contributed by atoms with Crippen molar-refractivity contribution in [2.45, 2.75) is 398 Å². The summed E-state index contributed by atoms with van der Waals surface area (Å²) < 4.78 is 0. The smallest absolute Gasteiger partial charge is 0.249 e. The Kier molecular flexibility index (Phi) is 59.3. The normalized spacial score (nSPS) is 13.1. The van der Waals surface area contributed by atoms with Crippen molar-refractivity contribution < 1.29 is 20.1 Å². The van der Waals surface area contributed by atoms with Gasteiger partial charge < -0.3 is 20.6 Å². The highest BCUT2D eigenvalue weighted by Gasteiger charge is 2.23. The molecule has 0 aromatic carbocycles. The quantitative estimate of drug-likeness (QED) is 0.0457. The molecule has 0 aliphatic carbocycles. The van der Waals surface area contributed by atoms with Crippen LogP contribution in [0.25, 0.3) is 0 Å². The van der Waals surface area contributed by atoms with Gasteiger partial charge in [-0.25, -0.2) is 0 Å². The van der Waals surface area contributed by atoms with Gasteiger partial charge in [0.05, 0.1) is 18.8 Å². The first-order valence-electron chi connectivity index (χ1n) is 32.3. The average Bonchev–Trinajstić information content (AvgIpc) is 3.35. The zero-order chi connectivity index (χ0) is 50.0. The van der Waals surface area contributed by atoms with Crippen molar-refractivity contribution in [1.82, 2.24) is 5.32 Å². The number of carbonyl (C=O) groups excluding carboxylic acids is 1. The van der Waals surface area contributed by atoms with Gasteiger partial charge in [-0.05, 0) is 12.8 Å². The van der Waals surface area contributed by atoms with Crippen molar-refractivity contribution in [1.29, 1.82) is 0 Å². The summed E-state index contributed by atoms with van der Waals surface area (Å²) in [5, 5.41) is 33.6. The molecule has 0 rings (SSSR count). The molecule has 0 aliphatic heterocycles. The van der Waals surface area contributed by atoms with Crippen LogP contribution in [0.4, 0.5) is 0 Å². The van der Waals surface area contributed by atoms with Crippen LogP contribution in [0.1, 0.15) is 380 Å². The van der Waals surface area contributed by atoms with Gasteiger partial charge in [-0.1, -0.05) is 367 Å². The van der Waals surface area contributed by atoms with Crippen LogP contribution < -0.4 is 5.32 Å². The predicted molar refractivity (Wildman–Crippen MR) is 306 cm³/mol. The summed E-state index contributed by atoms with van der Waals surface area (Å²) in [6, 6.07) is -0.708. The molecule has 0 spiro atoms. The van der Waals surface area contributed by atoms with E-state index in [1.54, 1.807) is 0 Å². The van der Waals surface area contributed by atoms with E-state index in [9.17, 15) is 20.1 Å². The summed E-state index contributed by atoms with van der Waals surface area (Å²) in [4.78, 5) is 12.6. The lowest BCUT2D eigenvalue weighted by Gasteiger charge is -2.23. The van der Waals surface area contributed by atoms with E-state index in [1.807, 2.05) is 0 Å². The maximum atomic E-state index is 12.6. The van der Waals surface area contributed by atoms with Gasteiger partial charge in [-0.15, -0.1) is 0 Å². The molecule has 0 saturated carbocycles. The van der Waals surface area contributed by atoms with Crippen LogP contribution in [0.3, 0.4) is 0 Å². The van der Waals surface area contributed by atoms with Gasteiger partial charge in [-0.2, -0.15) is 0 Å². The molecule has 414 valence electrons. The van der Waals surface area contributed by atoms with Crippen LogP contribution in [0.2, 0.25) is 0 Å². The summed E-state index contributed by atoms with van der Waals surface area (Å²) in [7, 11) is 0. The zero-order valence-corrected chi connectivity index (χ0v) is 47.5. The number of aliphatic hydroxyl groups excluding tert-OH is 3. The number of hydrogen-bond donors (Lipinski definition) is 4. The van der Waals surface area contributed by atoms with Gasteiger partial charge in [0.1, 0.15) is 6.10 Å². The van der Waals surface area contributed by atoms with Crippen molar-refractivity contribution in [3.8, 4) is 0 Å². The van der Waals surface area contributed by atoms with Gasteiger partial charge in [0.2, 0.25) is 5.91 Å². The number of unbranched alkanes of at least 4 members (excludes halogenated alkanes) is 53. The lowest BCUT2D eigenvalue weighted by molar-refractivity contribution is -0.131. The number of nitrogens with one attached hydrogen (secondary N) is 1. The van der Waals surface area contributed by atoms with Crippen LogP contribution in [-0.4, -0.2) is 46.1 Å². The van der Waals surface area contributed by atoms with E-state index in [4.69, 9.17) is 0 Å². The zero-order valence-electron chi connectivity index (χ0n) is 47.5. The van der Waals surface area contributed by atoms with Crippen molar-refractivity contribution in [2.24, 2.45) is 0 Å². The Morgan fingerprint density at radius 1 is 0.290 bits per heavy atom. The molecule has 0 aromatic rings. The monoisotopic (exact) mass is 976 g/mol. The SMILES string of the molecule is CCCCCCCCCCCCCCCCCCCCCCCCCCCCCCCCCCCCCCCCC(O)C(=O)NC(CO)C(O)CCCCCCCCCCCCCCCCCCC. The molecule has 4 N–H and O–H groups in total. The van der Waals surface area contributed by atoms with Gasteiger partial charge in [0.25, 0.3) is 0 Å². The molecule has 0 radical (unpaired) electrons. The number of rotatable bonds is 61. The molecule has 69 heavy (non-hydrogen) atoms. The van der Waals surface area contributed by atoms with Gasteiger partial charge in [0.15, 0.2) is 0 Å². The second kappa shape index (κ2) is 59.9. The highest BCUT2D eigenvalue weighted by atomic mass is 16.3. The van der Waals surface area contributed by atoms with E-state index in [1.165, 1.54) is 321 Å². The number of hydrogen-bond acceptors (Lipinski definition) is 4. The molecule has 5 heteroatoms. The van der Waals surface area contributed by atoms with E-state index in [0.29, 0.717) is 12.8 Å². The van der Waals surface area contributed by atoms with Crippen molar-refractivity contribution >= 4 is 5.91 Å². The fourth-order valence-corrected chi connectivity index (χ4v) is 10.7. The molecule has 0 heterocycles. The maximum Gasteiger partial charge on any atom is 0.249 e. The van der Waals surface area contributed by atoms with E-state index >= 15 is 0 Å². The highest BCUT2D eigenvalue weighted by molar-refractivity contribution is 5.80. The summed E-state index contributed by atoms with van der Waals surface area (Å²) in [5.74, 6) is -0.461. The Labute approximate surface area is 434 Å². The molecule has 0 fully saturated rings. The third kappa shape index (κ3) is 54.9. The topological polar surface area (TPSA) is 89.8 Å². The summed E-state index contributed by atoms with van der Waals surface area (Å²) in [5.41, 5.74) is 0. The second-order valence-electron chi connectivity index (χ2n) is 22.7. The number of carbonyl (C=O) groups is 1. The number of amides is 1. The first kappa shape index (κ1) is 68.4. The minimum Gasteiger partial charge on any atom is -0.394 e. The largest absolute Gasteiger partial charge is 0.394 e. The van der Waals surface area contributed by atoms with E-state index in [0.717, 1.165) is 32.1 Å².